The van der Waals surface area contributed by atoms with Gasteiger partial charge in [-0.2, -0.15) is 4.68 Å². The largest absolute Gasteiger partial charge is 0.442 e. The number of nitrogen functional groups attached to an aromatic ring is 1. The molecule has 0 aliphatic carbocycles. The smallest absolute Gasteiger partial charge is 0.435 e. The number of para-hydroxylation sites is 1. The fraction of sp³-hybridized carbons (Fsp3) is 0.400. The number of fused-ring (bicyclic) bond motifs is 2. The van der Waals surface area contributed by atoms with Gasteiger partial charge in [0.15, 0.2) is 18.0 Å². The Morgan fingerprint density at radius 1 is 0.850 bits per heavy atom. The number of urea groups is 1. The van der Waals surface area contributed by atoms with E-state index in [1.54, 1.807) is 57.2 Å². The fourth-order valence-corrected chi connectivity index (χ4v) is 8.81. The zero-order chi connectivity index (χ0) is 42.7. The molecule has 0 radical (unpaired) electrons. The van der Waals surface area contributed by atoms with Crippen molar-refractivity contribution in [2.75, 3.05) is 25.2 Å². The van der Waals surface area contributed by atoms with Crippen molar-refractivity contribution in [2.24, 2.45) is 0 Å². The van der Waals surface area contributed by atoms with Gasteiger partial charge in [0.2, 0.25) is 0 Å². The van der Waals surface area contributed by atoms with Crippen LogP contribution in [0.4, 0.5) is 15.4 Å². The molecule has 7 rings (SSSR count). The molecular weight excluding hydrogens is 785 g/mol. The van der Waals surface area contributed by atoms with E-state index in [-0.39, 0.29) is 37.3 Å². The van der Waals surface area contributed by atoms with E-state index in [0.29, 0.717) is 30.2 Å². The average Bonchev–Trinajstić information content (AvgIpc) is 3.69. The van der Waals surface area contributed by atoms with E-state index < -0.39 is 55.7 Å². The second-order valence-electron chi connectivity index (χ2n) is 16.7. The van der Waals surface area contributed by atoms with Crippen LogP contribution >= 0.6 is 7.60 Å². The molecule has 1 unspecified atom stereocenters. The zero-order valence-electron chi connectivity index (χ0n) is 34.7. The summed E-state index contributed by atoms with van der Waals surface area (Å²) in [6.45, 7) is 9.65. The van der Waals surface area contributed by atoms with Gasteiger partial charge in [-0.1, -0.05) is 84.9 Å². The predicted molar refractivity (Wildman–Crippen MR) is 227 cm³/mol. The summed E-state index contributed by atoms with van der Waals surface area (Å²) in [5.41, 5.74) is 8.96. The first-order valence-electron chi connectivity index (χ1n) is 20.2. The summed E-state index contributed by atoms with van der Waals surface area (Å²) >= 11 is 0. The normalized spacial score (nSPS) is 21.3. The fourth-order valence-electron chi connectivity index (χ4n) is 7.94. The molecule has 0 bridgehead atoms. The highest BCUT2D eigenvalue weighted by molar-refractivity contribution is 7.53. The van der Waals surface area contributed by atoms with Gasteiger partial charge in [-0.25, -0.2) is 14.2 Å². The number of anilines is 1. The molecule has 3 heterocycles. The summed E-state index contributed by atoms with van der Waals surface area (Å²) in [6.07, 6.45) is -0.888. The number of hydrogen-bond donors (Lipinski definition) is 2. The lowest BCUT2D eigenvalue weighted by Gasteiger charge is -2.37. The summed E-state index contributed by atoms with van der Waals surface area (Å²) in [7, 11) is -4.11. The molecule has 0 saturated carbocycles. The van der Waals surface area contributed by atoms with E-state index in [0.717, 1.165) is 21.4 Å². The van der Waals surface area contributed by atoms with Crippen molar-refractivity contribution in [1.82, 2.24) is 19.6 Å². The highest BCUT2D eigenvalue weighted by Gasteiger charge is 2.55. The first-order chi connectivity index (χ1) is 28.6. The Labute approximate surface area is 350 Å². The van der Waals surface area contributed by atoms with Gasteiger partial charge in [-0.05, 0) is 94.8 Å². The van der Waals surface area contributed by atoms with Crippen LogP contribution in [0.5, 0.6) is 5.75 Å². The number of ether oxygens (including phenoxy) is 4. The van der Waals surface area contributed by atoms with E-state index >= 15 is 4.79 Å². The maximum Gasteiger partial charge on any atom is 0.435 e. The van der Waals surface area contributed by atoms with Gasteiger partial charge in [-0.3, -0.25) is 0 Å². The van der Waals surface area contributed by atoms with Crippen molar-refractivity contribution in [3.05, 3.63) is 126 Å². The van der Waals surface area contributed by atoms with E-state index in [2.05, 4.69) is 5.10 Å². The number of rotatable bonds is 14. The van der Waals surface area contributed by atoms with Crippen LogP contribution in [0.1, 0.15) is 57.7 Å². The monoisotopic (exact) mass is 839 g/mol. The topological polar surface area (TPSA) is 168 Å². The molecule has 5 aromatic rings. The zero-order valence-corrected chi connectivity index (χ0v) is 35.6. The van der Waals surface area contributed by atoms with Crippen molar-refractivity contribution in [3.8, 4) is 5.75 Å². The molecule has 4 aromatic carbocycles. The molecular formula is C45H54N5O9P. The minimum absolute atomic E-state index is 0.0898. The second-order valence-corrected chi connectivity index (χ2v) is 18.5. The molecule has 5 atom stereocenters. The number of hydrogen-bond acceptors (Lipinski definition) is 10. The molecule has 2 aliphatic rings. The summed E-state index contributed by atoms with van der Waals surface area (Å²) < 4.78 is 44.3. The van der Waals surface area contributed by atoms with Gasteiger partial charge >= 0.3 is 19.7 Å². The van der Waals surface area contributed by atoms with Crippen LogP contribution in [-0.2, 0) is 42.9 Å². The van der Waals surface area contributed by atoms with Crippen LogP contribution in [0.3, 0.4) is 0 Å². The van der Waals surface area contributed by atoms with E-state index in [9.17, 15) is 14.3 Å². The molecule has 318 valence electrons. The van der Waals surface area contributed by atoms with Crippen LogP contribution in [0.25, 0.3) is 10.9 Å². The Balaban J connectivity index is 1.22. The predicted octanol–water partition coefficient (Wildman–Crippen LogP) is 8.01. The Kier molecular flexibility index (Phi) is 12.7. The molecule has 2 amide bonds. The van der Waals surface area contributed by atoms with Gasteiger partial charge in [-0.15, -0.1) is 5.10 Å². The van der Waals surface area contributed by atoms with Gasteiger partial charge in [0.25, 0.3) is 0 Å². The Bertz CT molecular complexity index is 2300. The third-order valence-corrected chi connectivity index (χ3v) is 11.4. The van der Waals surface area contributed by atoms with E-state index in [1.807, 2.05) is 96.4 Å². The Morgan fingerprint density at radius 3 is 2.00 bits per heavy atom. The van der Waals surface area contributed by atoms with E-state index in [4.69, 9.17) is 29.2 Å². The lowest BCUT2D eigenvalue weighted by molar-refractivity contribution is -0.157. The van der Waals surface area contributed by atoms with Crippen LogP contribution in [0.2, 0.25) is 0 Å². The maximum atomic E-state index is 15.4. The van der Waals surface area contributed by atoms with Crippen molar-refractivity contribution in [2.45, 2.75) is 96.1 Å². The molecule has 3 N–H and O–H groups in total. The number of aromatic nitrogens is 2. The number of carbonyl (C=O) groups excluding carboxylic acids is 2. The number of amides is 2. The average molecular weight is 840 g/mol. The van der Waals surface area contributed by atoms with Crippen LogP contribution in [0, 0.1) is 0 Å². The minimum atomic E-state index is -4.11. The SMILES string of the molecule is CC(C)(C)OC(=O)n1nc(N)c2cc(CN3C(=O)N(CCCOCP(=O)(O)Oc4ccccc4)[C@H](Cc4ccccc4)[C@@H]4OC(C)(C)O[C@H]4[C@H]3Cc3ccccc3)ccc21. The second kappa shape index (κ2) is 17.8. The summed E-state index contributed by atoms with van der Waals surface area (Å²) in [5, 5.41) is 4.86. The van der Waals surface area contributed by atoms with E-state index in [1.165, 1.54) is 0 Å². The molecule has 60 heavy (non-hydrogen) atoms. The third-order valence-electron chi connectivity index (χ3n) is 10.4. The lowest BCUT2D eigenvalue weighted by atomic mass is 9.91. The summed E-state index contributed by atoms with van der Waals surface area (Å²) in [6, 6.07) is 32.7. The lowest BCUT2D eigenvalue weighted by Crippen LogP contribution is -2.52. The molecule has 2 fully saturated rings. The van der Waals surface area contributed by atoms with Gasteiger partial charge < -0.3 is 43.9 Å². The molecule has 2 saturated heterocycles. The first-order valence-corrected chi connectivity index (χ1v) is 22.0. The quantitative estimate of drug-likeness (QED) is 0.0821. The molecule has 0 spiro atoms. The Morgan fingerprint density at radius 2 is 1.42 bits per heavy atom. The van der Waals surface area contributed by atoms with Crippen molar-refractivity contribution < 1.29 is 42.5 Å². The third kappa shape index (κ3) is 10.4. The molecule has 1 aromatic heterocycles. The van der Waals surface area contributed by atoms with Crippen molar-refractivity contribution >= 4 is 36.4 Å². The number of nitrogens with two attached hydrogens (primary N) is 1. The first kappa shape index (κ1) is 42.9. The highest BCUT2D eigenvalue weighted by Crippen LogP contribution is 2.43. The number of benzene rings is 4. The number of carbonyl (C=O) groups is 2. The van der Waals surface area contributed by atoms with Crippen molar-refractivity contribution in [3.63, 3.8) is 0 Å². The van der Waals surface area contributed by atoms with Crippen LogP contribution < -0.4 is 10.3 Å². The Hall–Kier alpha value is -5.24. The van der Waals surface area contributed by atoms with Crippen LogP contribution in [0.15, 0.2) is 109 Å². The van der Waals surface area contributed by atoms with Gasteiger partial charge in [0, 0.05) is 25.1 Å². The minimum Gasteiger partial charge on any atom is -0.442 e. The summed E-state index contributed by atoms with van der Waals surface area (Å²) in [5.74, 6) is -0.530. The summed E-state index contributed by atoms with van der Waals surface area (Å²) in [4.78, 5) is 42.7. The van der Waals surface area contributed by atoms with Crippen molar-refractivity contribution in [1.29, 1.82) is 0 Å². The van der Waals surface area contributed by atoms with Gasteiger partial charge in [0.1, 0.15) is 23.6 Å². The maximum absolute atomic E-state index is 15.4. The molecule has 15 heteroatoms. The standard InChI is InChI=1S/C45H54N5O9P/c1-44(2,3)58-43(52)50-36-23-22-33(26-35(36)41(46)47-50)29-49-38(28-32-18-11-7-12-19-32)40-39(56-45(4,5)57-40)37(27-31-16-9-6-10-17-31)48(42(49)51)24-15-25-55-30-60(53,54)59-34-20-13-8-14-21-34/h6-14,16-23,26,37-40H,15,24-25,27-30H2,1-5H3,(H2,46,47)(H,53,54)/t37-,38-,39+,40+/m1/s1. The van der Waals surface area contributed by atoms with Crippen LogP contribution in [-0.4, -0.2) is 91.8 Å². The van der Waals surface area contributed by atoms with Gasteiger partial charge in [0.05, 0.1) is 17.6 Å². The highest BCUT2D eigenvalue weighted by atomic mass is 31.2. The molecule has 14 nitrogen and oxygen atoms in total. The molecule has 2 aliphatic heterocycles. The number of nitrogens with zero attached hydrogens (tertiary/aromatic N) is 4.